The van der Waals surface area contributed by atoms with Crippen LogP contribution in [0.1, 0.15) is 29.8 Å². The minimum absolute atomic E-state index is 0.0401. The number of pyridine rings is 1. The van der Waals surface area contributed by atoms with Crippen LogP contribution in [0.2, 0.25) is 0 Å². The molecule has 0 saturated heterocycles. The van der Waals surface area contributed by atoms with Crippen molar-refractivity contribution in [3.05, 3.63) is 23.9 Å². The van der Waals surface area contributed by atoms with E-state index in [1.807, 2.05) is 0 Å². The van der Waals surface area contributed by atoms with Crippen LogP contribution in [0.15, 0.2) is 18.2 Å². The van der Waals surface area contributed by atoms with Crippen LogP contribution >= 0.6 is 0 Å². The molecule has 0 unspecified atom stereocenters. The molecule has 1 aliphatic carbocycles. The Labute approximate surface area is 99.5 Å². The lowest BCUT2D eigenvalue weighted by atomic mass is 10.0. The van der Waals surface area contributed by atoms with Crippen molar-refractivity contribution < 1.29 is 15.0 Å². The molecule has 1 aliphatic rings. The molecule has 92 valence electrons. The summed E-state index contributed by atoms with van der Waals surface area (Å²) in [7, 11) is 0. The van der Waals surface area contributed by atoms with Crippen LogP contribution in [0.3, 0.4) is 0 Å². The number of carboxylic acids is 1. The number of hydrogen-bond acceptors (Lipinski definition) is 4. The van der Waals surface area contributed by atoms with Gasteiger partial charge in [0.15, 0.2) is 5.69 Å². The third kappa shape index (κ3) is 2.94. The smallest absolute Gasteiger partial charge is 0.354 e. The van der Waals surface area contributed by atoms with Crippen LogP contribution < -0.4 is 5.32 Å². The maximum atomic E-state index is 10.7. The van der Waals surface area contributed by atoms with Gasteiger partial charge >= 0.3 is 5.97 Å². The van der Waals surface area contributed by atoms with E-state index < -0.39 is 5.97 Å². The number of carboxylic acid groups (broad SMARTS) is 1. The number of nitrogens with one attached hydrogen (secondary N) is 1. The van der Waals surface area contributed by atoms with Crippen LogP contribution in [0, 0.1) is 5.41 Å². The first kappa shape index (κ1) is 11.9. The third-order valence-electron chi connectivity index (χ3n) is 3.22. The fourth-order valence-corrected chi connectivity index (χ4v) is 1.77. The molecular weight excluding hydrogens is 220 g/mol. The van der Waals surface area contributed by atoms with Gasteiger partial charge in [0.25, 0.3) is 0 Å². The Bertz CT molecular complexity index is 416. The van der Waals surface area contributed by atoms with Gasteiger partial charge in [0, 0.05) is 13.2 Å². The zero-order chi connectivity index (χ0) is 12.3. The minimum atomic E-state index is -1.03. The van der Waals surface area contributed by atoms with Crippen molar-refractivity contribution in [2.75, 3.05) is 18.5 Å². The molecule has 0 amide bonds. The van der Waals surface area contributed by atoms with Gasteiger partial charge < -0.3 is 15.5 Å². The second-order valence-electron chi connectivity index (χ2n) is 4.55. The Morgan fingerprint density at radius 2 is 2.24 bits per heavy atom. The molecule has 0 aliphatic heterocycles. The van der Waals surface area contributed by atoms with E-state index in [1.165, 1.54) is 6.07 Å². The Kier molecular flexibility index (Phi) is 3.28. The van der Waals surface area contributed by atoms with E-state index in [4.69, 9.17) is 10.2 Å². The van der Waals surface area contributed by atoms with Gasteiger partial charge in [0.05, 0.1) is 0 Å². The summed E-state index contributed by atoms with van der Waals surface area (Å²) in [5.74, 6) is -0.457. The molecule has 1 fully saturated rings. The summed E-state index contributed by atoms with van der Waals surface area (Å²) in [4.78, 5) is 14.7. The van der Waals surface area contributed by atoms with Gasteiger partial charge in [-0.05, 0) is 36.8 Å². The normalized spacial score (nSPS) is 16.5. The number of carbonyl (C=O) groups is 1. The van der Waals surface area contributed by atoms with Gasteiger partial charge in [-0.25, -0.2) is 9.78 Å². The highest BCUT2D eigenvalue weighted by atomic mass is 16.4. The monoisotopic (exact) mass is 236 g/mol. The van der Waals surface area contributed by atoms with Crippen molar-refractivity contribution >= 4 is 11.8 Å². The van der Waals surface area contributed by atoms with Crippen molar-refractivity contribution in [1.82, 2.24) is 4.98 Å². The Balaban J connectivity index is 1.86. The first-order chi connectivity index (χ1) is 8.15. The van der Waals surface area contributed by atoms with Crippen molar-refractivity contribution in [2.45, 2.75) is 19.3 Å². The van der Waals surface area contributed by atoms with Crippen molar-refractivity contribution in [3.63, 3.8) is 0 Å². The maximum Gasteiger partial charge on any atom is 0.354 e. The van der Waals surface area contributed by atoms with Gasteiger partial charge in [-0.15, -0.1) is 0 Å². The number of aromatic nitrogens is 1. The molecule has 0 bridgehead atoms. The summed E-state index contributed by atoms with van der Waals surface area (Å²) in [6.07, 6.45) is 3.05. The molecule has 5 heteroatoms. The predicted octanol–water partition coefficient (Wildman–Crippen LogP) is 1.35. The van der Waals surface area contributed by atoms with Crippen LogP contribution in [-0.4, -0.2) is 34.3 Å². The standard InChI is InChI=1S/C12H16N2O3/c15-8-12(4-5-12)6-7-13-10-3-1-2-9(14-10)11(16)17/h1-3,15H,4-8H2,(H,13,14)(H,16,17). The summed E-state index contributed by atoms with van der Waals surface area (Å²) in [6, 6.07) is 4.87. The average molecular weight is 236 g/mol. The lowest BCUT2D eigenvalue weighted by Crippen LogP contribution is -2.14. The van der Waals surface area contributed by atoms with Crippen molar-refractivity contribution in [3.8, 4) is 0 Å². The van der Waals surface area contributed by atoms with Crippen molar-refractivity contribution in [1.29, 1.82) is 0 Å². The first-order valence-electron chi connectivity index (χ1n) is 5.70. The van der Waals surface area contributed by atoms with Gasteiger partial charge in [-0.1, -0.05) is 6.07 Å². The van der Waals surface area contributed by atoms with E-state index in [0.29, 0.717) is 12.4 Å². The number of aliphatic hydroxyl groups excluding tert-OH is 1. The molecule has 0 spiro atoms. The van der Waals surface area contributed by atoms with E-state index in [2.05, 4.69) is 10.3 Å². The second-order valence-corrected chi connectivity index (χ2v) is 4.55. The topological polar surface area (TPSA) is 82.5 Å². The number of aliphatic hydroxyl groups is 1. The average Bonchev–Trinajstić information content (AvgIpc) is 3.10. The molecule has 1 aromatic heterocycles. The van der Waals surface area contributed by atoms with Crippen molar-refractivity contribution in [2.24, 2.45) is 5.41 Å². The molecule has 5 nitrogen and oxygen atoms in total. The molecule has 17 heavy (non-hydrogen) atoms. The predicted molar refractivity (Wildman–Crippen MR) is 63.1 cm³/mol. The number of nitrogens with zero attached hydrogens (tertiary/aromatic N) is 1. The molecule has 3 N–H and O–H groups in total. The molecule has 0 aromatic carbocycles. The number of anilines is 1. The quantitative estimate of drug-likeness (QED) is 0.694. The van der Waals surface area contributed by atoms with E-state index >= 15 is 0 Å². The highest BCUT2D eigenvalue weighted by Gasteiger charge is 2.41. The van der Waals surface area contributed by atoms with Crippen LogP contribution in [0.4, 0.5) is 5.82 Å². The second kappa shape index (κ2) is 4.71. The van der Waals surface area contributed by atoms with Gasteiger partial charge in [-0.3, -0.25) is 0 Å². The Morgan fingerprint density at radius 3 is 2.82 bits per heavy atom. The molecule has 0 radical (unpaired) electrons. The summed E-state index contributed by atoms with van der Waals surface area (Å²) in [6.45, 7) is 0.938. The molecule has 2 rings (SSSR count). The summed E-state index contributed by atoms with van der Waals surface area (Å²) >= 11 is 0. The van der Waals surface area contributed by atoms with Gasteiger partial charge in [-0.2, -0.15) is 0 Å². The fourth-order valence-electron chi connectivity index (χ4n) is 1.77. The zero-order valence-corrected chi connectivity index (χ0v) is 9.52. The van der Waals surface area contributed by atoms with E-state index in [-0.39, 0.29) is 17.7 Å². The summed E-state index contributed by atoms with van der Waals surface area (Å²) < 4.78 is 0. The largest absolute Gasteiger partial charge is 0.477 e. The first-order valence-corrected chi connectivity index (χ1v) is 5.70. The lowest BCUT2D eigenvalue weighted by molar-refractivity contribution is 0.0690. The van der Waals surface area contributed by atoms with E-state index in [1.54, 1.807) is 12.1 Å². The number of aromatic carboxylic acids is 1. The maximum absolute atomic E-state index is 10.7. The highest BCUT2D eigenvalue weighted by Crippen LogP contribution is 2.47. The summed E-state index contributed by atoms with van der Waals surface area (Å²) in [5.41, 5.74) is 0.149. The Morgan fingerprint density at radius 1 is 1.47 bits per heavy atom. The van der Waals surface area contributed by atoms with Crippen LogP contribution in [-0.2, 0) is 0 Å². The van der Waals surface area contributed by atoms with Crippen LogP contribution in [0.5, 0.6) is 0 Å². The molecular formula is C12H16N2O3. The third-order valence-corrected chi connectivity index (χ3v) is 3.22. The lowest BCUT2D eigenvalue weighted by Gasteiger charge is -2.12. The fraction of sp³-hybridized carbons (Fsp3) is 0.500. The van der Waals surface area contributed by atoms with Gasteiger partial charge in [0.2, 0.25) is 0 Å². The van der Waals surface area contributed by atoms with E-state index in [9.17, 15) is 4.79 Å². The minimum Gasteiger partial charge on any atom is -0.477 e. The molecule has 1 heterocycles. The summed E-state index contributed by atoms with van der Waals surface area (Å²) in [5, 5.41) is 21.0. The highest BCUT2D eigenvalue weighted by molar-refractivity contribution is 5.85. The van der Waals surface area contributed by atoms with E-state index in [0.717, 1.165) is 19.3 Å². The Hall–Kier alpha value is -1.62. The molecule has 0 atom stereocenters. The number of hydrogen-bond donors (Lipinski definition) is 3. The zero-order valence-electron chi connectivity index (χ0n) is 9.52. The SMILES string of the molecule is O=C(O)c1cccc(NCCC2(CO)CC2)n1. The molecule has 1 saturated carbocycles. The van der Waals surface area contributed by atoms with Gasteiger partial charge in [0.1, 0.15) is 5.82 Å². The number of rotatable bonds is 6. The molecule has 1 aromatic rings. The van der Waals surface area contributed by atoms with Crippen LogP contribution in [0.25, 0.3) is 0 Å².